The van der Waals surface area contributed by atoms with Gasteiger partial charge in [0.05, 0.1) is 26.4 Å². The van der Waals surface area contributed by atoms with Gasteiger partial charge in [0.1, 0.15) is 54.9 Å². The fourth-order valence-electron chi connectivity index (χ4n) is 8.07. The molecule has 2 rings (SSSR count). The SMILES string of the molecule is CC/C=C\C/C=C\C/C=C\C/C=C\CCCCCCC(=O)OC(COCCCCCCCCCC/C=C\C/C=C\CCCCCC)COC1OC(COC2OC(CO)C(O)C(O)C2O)C(O)C(O)C1O. The predicted molar refractivity (Wildman–Crippen MR) is 275 cm³/mol. The molecule has 0 amide bonds. The summed E-state index contributed by atoms with van der Waals surface area (Å²) < 4.78 is 34.3. The lowest BCUT2D eigenvalue weighted by Crippen LogP contribution is -2.61. The Hall–Kier alpha value is -2.57. The van der Waals surface area contributed by atoms with E-state index in [0.29, 0.717) is 13.0 Å². The molecule has 0 bridgehead atoms. The highest BCUT2D eigenvalue weighted by atomic mass is 16.7. The quantitative estimate of drug-likeness (QED) is 0.0173. The molecule has 11 atom stereocenters. The summed E-state index contributed by atoms with van der Waals surface area (Å²) in [5.74, 6) is -0.404. The molecule has 2 saturated heterocycles. The van der Waals surface area contributed by atoms with E-state index in [-0.39, 0.29) is 19.6 Å². The second kappa shape index (κ2) is 42.9. The van der Waals surface area contributed by atoms with Gasteiger partial charge in [-0.25, -0.2) is 0 Å². The summed E-state index contributed by atoms with van der Waals surface area (Å²) in [5, 5.41) is 72.2. The van der Waals surface area contributed by atoms with Crippen LogP contribution in [-0.2, 0) is 33.2 Å². The van der Waals surface area contributed by atoms with Crippen LogP contribution in [0.2, 0.25) is 0 Å². The average molecular weight is 993 g/mol. The van der Waals surface area contributed by atoms with Crippen molar-refractivity contribution >= 4 is 5.97 Å². The molecule has 2 heterocycles. The Balaban J connectivity index is 1.77. The van der Waals surface area contributed by atoms with E-state index in [9.17, 15) is 40.5 Å². The summed E-state index contributed by atoms with van der Waals surface area (Å²) in [7, 11) is 0. The molecule has 0 aliphatic carbocycles. The minimum atomic E-state index is -1.72. The van der Waals surface area contributed by atoms with Gasteiger partial charge in [-0.05, 0) is 83.5 Å². The van der Waals surface area contributed by atoms with Crippen LogP contribution in [0.5, 0.6) is 0 Å². The Kier molecular flexibility index (Phi) is 38.9. The van der Waals surface area contributed by atoms with Crippen molar-refractivity contribution in [1.82, 2.24) is 0 Å². The maximum Gasteiger partial charge on any atom is 0.306 e. The molecule has 7 N–H and O–H groups in total. The first-order chi connectivity index (χ1) is 34.1. The Morgan fingerprint density at radius 1 is 0.486 bits per heavy atom. The third kappa shape index (κ3) is 29.8. The lowest BCUT2D eigenvalue weighted by atomic mass is 9.98. The van der Waals surface area contributed by atoms with Crippen LogP contribution in [0.15, 0.2) is 72.9 Å². The van der Waals surface area contributed by atoms with Crippen molar-refractivity contribution in [2.45, 2.75) is 242 Å². The lowest BCUT2D eigenvalue weighted by Gasteiger charge is -2.42. The van der Waals surface area contributed by atoms with Gasteiger partial charge in [0.15, 0.2) is 12.6 Å². The maximum atomic E-state index is 13.0. The molecule has 0 saturated carbocycles. The molecule has 14 heteroatoms. The van der Waals surface area contributed by atoms with E-state index in [4.69, 9.17) is 28.4 Å². The van der Waals surface area contributed by atoms with Gasteiger partial charge in [0, 0.05) is 13.0 Å². The van der Waals surface area contributed by atoms with E-state index in [2.05, 4.69) is 86.8 Å². The number of allylic oxidation sites excluding steroid dienone is 12. The zero-order valence-corrected chi connectivity index (χ0v) is 43.0. The number of hydrogen-bond donors (Lipinski definition) is 7. The van der Waals surface area contributed by atoms with Crippen LogP contribution >= 0.6 is 0 Å². The first-order valence-electron chi connectivity index (χ1n) is 27.0. The van der Waals surface area contributed by atoms with E-state index < -0.39 is 86.7 Å². The molecule has 70 heavy (non-hydrogen) atoms. The number of ether oxygens (including phenoxy) is 6. The van der Waals surface area contributed by atoms with Gasteiger partial charge in [-0.15, -0.1) is 0 Å². The highest BCUT2D eigenvalue weighted by Gasteiger charge is 2.47. The third-order valence-corrected chi connectivity index (χ3v) is 12.4. The molecular weight excluding hydrogens is 897 g/mol. The van der Waals surface area contributed by atoms with Crippen LogP contribution in [0.3, 0.4) is 0 Å². The molecule has 0 aromatic heterocycles. The van der Waals surface area contributed by atoms with E-state index in [1.807, 2.05) is 0 Å². The second-order valence-electron chi connectivity index (χ2n) is 18.7. The molecule has 404 valence electrons. The van der Waals surface area contributed by atoms with Gasteiger partial charge in [-0.3, -0.25) is 4.79 Å². The van der Waals surface area contributed by atoms with E-state index >= 15 is 0 Å². The second-order valence-corrected chi connectivity index (χ2v) is 18.7. The smallest absolute Gasteiger partial charge is 0.306 e. The number of carbonyl (C=O) groups excluding carboxylic acids is 1. The van der Waals surface area contributed by atoms with Crippen molar-refractivity contribution < 1.29 is 69.0 Å². The highest BCUT2D eigenvalue weighted by molar-refractivity contribution is 5.69. The summed E-state index contributed by atoms with van der Waals surface area (Å²) in [6.45, 7) is 3.50. The summed E-state index contributed by atoms with van der Waals surface area (Å²) in [4.78, 5) is 13.0. The zero-order chi connectivity index (χ0) is 50.9. The van der Waals surface area contributed by atoms with Gasteiger partial charge in [-0.2, -0.15) is 0 Å². The molecule has 11 unspecified atom stereocenters. The number of esters is 1. The van der Waals surface area contributed by atoms with Crippen molar-refractivity contribution in [1.29, 1.82) is 0 Å². The van der Waals surface area contributed by atoms with Crippen LogP contribution < -0.4 is 0 Å². The summed E-state index contributed by atoms with van der Waals surface area (Å²) >= 11 is 0. The standard InChI is InChI=1S/C56H96O14/c1-3-5-7-9-11-13-15-17-19-21-22-24-26-28-30-32-34-36-38-40-65-42-45(68-48(58)39-37-35-33-31-29-27-25-23-20-18-16-14-12-10-8-6-4-2)43-66-55-54(64)52(62)50(60)47(70-55)44-67-56-53(63)51(61)49(59)46(41-57)69-56/h6,8,12-15,18-21,25,27,45-47,49-57,59-64H,3-5,7,9-11,16-17,22-24,26,28-44H2,1-2H3/b8-6-,14-12-,15-13-,20-18-,21-19-,27-25-. The van der Waals surface area contributed by atoms with Gasteiger partial charge < -0.3 is 64.2 Å². The number of aliphatic hydroxyl groups excluding tert-OH is 7. The normalized spacial score (nSPS) is 26.1. The topological polar surface area (TPSA) is 214 Å². The Morgan fingerprint density at radius 2 is 0.929 bits per heavy atom. The number of hydrogen-bond acceptors (Lipinski definition) is 14. The van der Waals surface area contributed by atoms with E-state index in [1.54, 1.807) is 0 Å². The van der Waals surface area contributed by atoms with E-state index in [0.717, 1.165) is 83.5 Å². The first-order valence-corrected chi connectivity index (χ1v) is 27.0. The fraction of sp³-hybridized carbons (Fsp3) is 0.768. The molecule has 2 aliphatic heterocycles. The predicted octanol–water partition coefficient (Wildman–Crippen LogP) is 8.68. The molecule has 0 spiro atoms. The van der Waals surface area contributed by atoms with Crippen molar-refractivity contribution in [2.24, 2.45) is 0 Å². The highest BCUT2D eigenvalue weighted by Crippen LogP contribution is 2.26. The van der Waals surface area contributed by atoms with Crippen molar-refractivity contribution in [3.63, 3.8) is 0 Å². The van der Waals surface area contributed by atoms with Crippen LogP contribution in [0.1, 0.15) is 174 Å². The molecule has 2 fully saturated rings. The van der Waals surface area contributed by atoms with Crippen LogP contribution in [0.25, 0.3) is 0 Å². The lowest BCUT2D eigenvalue weighted by molar-refractivity contribution is -0.332. The number of unbranched alkanes of at least 4 members (excludes halogenated alkanes) is 16. The third-order valence-electron chi connectivity index (χ3n) is 12.4. The van der Waals surface area contributed by atoms with Gasteiger partial charge in [0.25, 0.3) is 0 Å². The monoisotopic (exact) mass is 993 g/mol. The summed E-state index contributed by atoms with van der Waals surface area (Å²) in [6.07, 6.45) is 36.7. The van der Waals surface area contributed by atoms with Crippen molar-refractivity contribution in [3.05, 3.63) is 72.9 Å². The minimum absolute atomic E-state index is 0.0437. The summed E-state index contributed by atoms with van der Waals surface area (Å²) in [5.41, 5.74) is 0. The van der Waals surface area contributed by atoms with Crippen molar-refractivity contribution in [3.8, 4) is 0 Å². The van der Waals surface area contributed by atoms with Gasteiger partial charge in [-0.1, -0.05) is 157 Å². The Morgan fingerprint density at radius 3 is 1.46 bits per heavy atom. The molecular formula is C56H96O14. The van der Waals surface area contributed by atoms with Crippen LogP contribution in [-0.4, -0.2) is 142 Å². The van der Waals surface area contributed by atoms with Gasteiger partial charge >= 0.3 is 5.97 Å². The Bertz CT molecular complexity index is 1430. The average Bonchev–Trinajstić information content (AvgIpc) is 3.36. The van der Waals surface area contributed by atoms with Crippen LogP contribution in [0, 0.1) is 0 Å². The summed E-state index contributed by atoms with van der Waals surface area (Å²) in [6, 6.07) is 0. The Labute approximate surface area is 421 Å². The number of carbonyl (C=O) groups is 1. The molecule has 14 nitrogen and oxygen atoms in total. The largest absolute Gasteiger partial charge is 0.457 e. The van der Waals surface area contributed by atoms with E-state index in [1.165, 1.54) is 64.2 Å². The maximum absolute atomic E-state index is 13.0. The van der Waals surface area contributed by atoms with Crippen LogP contribution in [0.4, 0.5) is 0 Å². The molecule has 0 radical (unpaired) electrons. The minimum Gasteiger partial charge on any atom is -0.457 e. The van der Waals surface area contributed by atoms with Crippen molar-refractivity contribution in [2.75, 3.05) is 33.0 Å². The van der Waals surface area contributed by atoms with Gasteiger partial charge in [0.2, 0.25) is 0 Å². The number of aliphatic hydroxyl groups is 7. The molecule has 2 aliphatic rings. The molecule has 0 aromatic rings. The first kappa shape index (κ1) is 63.5. The zero-order valence-electron chi connectivity index (χ0n) is 43.0. The fourth-order valence-corrected chi connectivity index (χ4v) is 8.07. The molecule has 0 aromatic carbocycles. The number of rotatable bonds is 42.